The molecule has 2 aromatic carbocycles. The maximum atomic E-state index is 14.6. The fourth-order valence-electron chi connectivity index (χ4n) is 7.10. The summed E-state index contributed by atoms with van der Waals surface area (Å²) < 4.78 is 50.9. The Bertz CT molecular complexity index is 1980. The molecule has 0 unspecified atom stereocenters. The van der Waals surface area contributed by atoms with Gasteiger partial charge in [0.1, 0.15) is 0 Å². The number of carbonyl (C=O) groups is 1. The van der Waals surface area contributed by atoms with Crippen molar-refractivity contribution >= 4 is 28.2 Å². The Labute approximate surface area is 282 Å². The van der Waals surface area contributed by atoms with E-state index in [9.17, 15) is 18.0 Å². The minimum atomic E-state index is -4.66. The summed E-state index contributed by atoms with van der Waals surface area (Å²) in [5, 5.41) is 4.66. The van der Waals surface area contributed by atoms with E-state index in [1.54, 1.807) is 43.0 Å². The molecule has 0 atom stereocenters. The average molecular weight is 673 g/mol. The summed E-state index contributed by atoms with van der Waals surface area (Å²) in [6, 6.07) is 9.76. The highest BCUT2D eigenvalue weighted by atomic mass is 19.4. The number of benzene rings is 2. The number of aryl methyl sites for hydroxylation is 2. The molecule has 2 aliphatic rings. The minimum Gasteiger partial charge on any atom is -0.383 e. The predicted octanol–water partition coefficient (Wildman–Crippen LogP) is 5.43. The van der Waals surface area contributed by atoms with Crippen molar-refractivity contribution in [2.24, 2.45) is 7.05 Å². The monoisotopic (exact) mass is 672 g/mol. The van der Waals surface area contributed by atoms with E-state index in [0.29, 0.717) is 48.4 Å². The number of fused-ring (bicyclic) bond motifs is 2. The lowest BCUT2D eigenvalue weighted by Gasteiger charge is -2.37. The molecule has 0 radical (unpaired) electrons. The molecule has 0 bridgehead atoms. The van der Waals surface area contributed by atoms with Crippen molar-refractivity contribution in [1.29, 1.82) is 0 Å². The number of nitrogens with zero attached hydrogens (tertiary/aromatic N) is 8. The van der Waals surface area contributed by atoms with E-state index in [4.69, 9.17) is 9.72 Å². The second-order valence-corrected chi connectivity index (χ2v) is 12.7. The molecule has 0 spiro atoms. The highest BCUT2D eigenvalue weighted by Crippen LogP contribution is 2.41. The van der Waals surface area contributed by atoms with Crippen LogP contribution in [-0.4, -0.2) is 88.1 Å². The molecule has 1 saturated heterocycles. The van der Waals surface area contributed by atoms with E-state index in [0.717, 1.165) is 67.0 Å². The van der Waals surface area contributed by atoms with Gasteiger partial charge in [-0.3, -0.25) is 19.4 Å². The zero-order valence-corrected chi connectivity index (χ0v) is 27.9. The number of hydrogen-bond donors (Lipinski definition) is 0. The van der Waals surface area contributed by atoms with Crippen molar-refractivity contribution in [3.8, 4) is 11.1 Å². The molecule has 10 nitrogen and oxygen atoms in total. The summed E-state index contributed by atoms with van der Waals surface area (Å²) in [5.74, 6) is -0.255. The van der Waals surface area contributed by atoms with Crippen LogP contribution >= 0.6 is 0 Å². The first-order valence-corrected chi connectivity index (χ1v) is 16.6. The number of amides is 1. The maximum absolute atomic E-state index is 14.6. The molecule has 1 amide bonds. The lowest BCUT2D eigenvalue weighted by Crippen LogP contribution is -2.47. The summed E-state index contributed by atoms with van der Waals surface area (Å²) in [6.45, 7) is 7.89. The number of alkyl halides is 3. The highest BCUT2D eigenvalue weighted by molar-refractivity contribution is 6.14. The van der Waals surface area contributed by atoms with Gasteiger partial charge >= 0.3 is 6.18 Å². The van der Waals surface area contributed by atoms with Gasteiger partial charge in [-0.05, 0) is 65.4 Å². The number of methoxy groups -OCH3 is 1. The predicted molar refractivity (Wildman–Crippen MR) is 182 cm³/mol. The second-order valence-electron chi connectivity index (χ2n) is 12.7. The van der Waals surface area contributed by atoms with Gasteiger partial charge in [-0.25, -0.2) is 4.98 Å². The third-order valence-electron chi connectivity index (χ3n) is 9.57. The molecule has 2 aliphatic heterocycles. The molecule has 0 saturated carbocycles. The lowest BCUT2D eigenvalue weighted by atomic mass is 9.87. The van der Waals surface area contributed by atoms with Crippen molar-refractivity contribution in [2.75, 3.05) is 62.8 Å². The molecule has 0 N–H and O–H groups in total. The SMILES string of the molecule is CCc1cc(N2CCN(CCOC)CC2)c2nccc(N3CCc4c(cc(Cn5ccnc5)cc4-c4cn(C)nc4C(F)(F)F)C3=O)c2c1. The van der Waals surface area contributed by atoms with Crippen LogP contribution in [0.1, 0.15) is 39.7 Å². The normalized spacial score (nSPS) is 15.8. The Morgan fingerprint density at radius 3 is 2.45 bits per heavy atom. The van der Waals surface area contributed by atoms with Gasteiger partial charge in [0.2, 0.25) is 0 Å². The first-order valence-electron chi connectivity index (χ1n) is 16.6. The molecule has 1 fully saturated rings. The van der Waals surface area contributed by atoms with Crippen LogP contribution in [0.15, 0.2) is 61.4 Å². The van der Waals surface area contributed by atoms with Crippen LogP contribution in [0.25, 0.3) is 22.0 Å². The number of hydrogen-bond acceptors (Lipinski definition) is 7. The quantitative estimate of drug-likeness (QED) is 0.207. The fraction of sp³-hybridized carbons (Fsp3) is 0.389. The van der Waals surface area contributed by atoms with Gasteiger partial charge in [0.05, 0.1) is 29.8 Å². The number of aromatic nitrogens is 5. The van der Waals surface area contributed by atoms with Crippen LogP contribution in [0.5, 0.6) is 0 Å². The topological polar surface area (TPSA) is 84.6 Å². The van der Waals surface area contributed by atoms with Gasteiger partial charge in [-0.2, -0.15) is 18.3 Å². The van der Waals surface area contributed by atoms with Crippen LogP contribution in [0.4, 0.5) is 24.5 Å². The van der Waals surface area contributed by atoms with Gasteiger partial charge in [0.15, 0.2) is 5.69 Å². The smallest absolute Gasteiger partial charge is 0.383 e. The molecular weight excluding hydrogens is 633 g/mol. The third-order valence-corrected chi connectivity index (χ3v) is 9.57. The van der Waals surface area contributed by atoms with Crippen molar-refractivity contribution < 1.29 is 22.7 Å². The van der Waals surface area contributed by atoms with E-state index in [-0.39, 0.29) is 11.5 Å². The fourth-order valence-corrected chi connectivity index (χ4v) is 7.10. The van der Waals surface area contributed by atoms with Crippen LogP contribution in [0.3, 0.4) is 0 Å². The van der Waals surface area contributed by atoms with Gasteiger partial charge in [0, 0.05) is 101 Å². The standard InChI is InChI=1S/C36H39F3N8O2/c1-4-24-17-29-31(5-7-41-33(29)32(20-24)46-13-11-44(12-14-46)15-16-49-3)47-9-6-26-27(30-22-43(2)42-34(30)36(37,38)39)18-25(19-28(26)35(47)48)21-45-10-8-40-23-45/h5,7-8,10,17-20,22-23H,4,6,9,11-16,21H2,1-3H3. The van der Waals surface area contributed by atoms with Crippen molar-refractivity contribution in [3.63, 3.8) is 0 Å². The number of piperazine rings is 1. The summed E-state index contributed by atoms with van der Waals surface area (Å²) >= 11 is 0. The molecule has 5 heterocycles. The van der Waals surface area contributed by atoms with E-state index >= 15 is 0 Å². The van der Waals surface area contributed by atoms with Crippen LogP contribution in [-0.2, 0) is 37.3 Å². The Balaban J connectivity index is 1.30. The van der Waals surface area contributed by atoms with Gasteiger partial charge in [-0.15, -0.1) is 0 Å². The molecule has 0 aliphatic carbocycles. The zero-order valence-electron chi connectivity index (χ0n) is 27.9. The summed E-state index contributed by atoms with van der Waals surface area (Å²) in [6.07, 6.45) is 4.73. The summed E-state index contributed by atoms with van der Waals surface area (Å²) in [4.78, 5) is 30.0. The van der Waals surface area contributed by atoms with Crippen LogP contribution < -0.4 is 9.80 Å². The average Bonchev–Trinajstić information content (AvgIpc) is 3.76. The number of pyridine rings is 1. The van der Waals surface area contributed by atoms with E-state index in [1.807, 2.05) is 16.7 Å². The van der Waals surface area contributed by atoms with Gasteiger partial charge < -0.3 is 19.1 Å². The summed E-state index contributed by atoms with van der Waals surface area (Å²) in [5.41, 5.74) is 4.82. The largest absolute Gasteiger partial charge is 0.435 e. The highest BCUT2D eigenvalue weighted by Gasteiger charge is 2.39. The third kappa shape index (κ3) is 6.40. The first-order chi connectivity index (χ1) is 23.6. The number of rotatable bonds is 9. The van der Waals surface area contributed by atoms with Crippen molar-refractivity contribution in [3.05, 3.63) is 89.4 Å². The molecule has 49 heavy (non-hydrogen) atoms. The summed E-state index contributed by atoms with van der Waals surface area (Å²) in [7, 11) is 3.19. The Morgan fingerprint density at radius 2 is 1.73 bits per heavy atom. The molecular formula is C36H39F3N8O2. The van der Waals surface area contributed by atoms with Crippen LogP contribution in [0.2, 0.25) is 0 Å². The number of ether oxygens (including phenoxy) is 1. The van der Waals surface area contributed by atoms with E-state index in [1.165, 1.54) is 17.9 Å². The van der Waals surface area contributed by atoms with E-state index in [2.05, 4.69) is 38.9 Å². The molecule has 7 rings (SSSR count). The number of imidazole rings is 1. The number of halogens is 3. The Morgan fingerprint density at radius 1 is 0.939 bits per heavy atom. The van der Waals surface area contributed by atoms with Gasteiger partial charge in [-0.1, -0.05) is 6.92 Å². The van der Waals surface area contributed by atoms with Crippen LogP contribution in [0, 0.1) is 0 Å². The molecule has 13 heteroatoms. The zero-order chi connectivity index (χ0) is 34.3. The molecule has 3 aromatic heterocycles. The van der Waals surface area contributed by atoms with Crippen molar-refractivity contribution in [1.82, 2.24) is 29.2 Å². The number of carbonyl (C=O) groups excluding carboxylic acids is 1. The first kappa shape index (κ1) is 32.8. The lowest BCUT2D eigenvalue weighted by molar-refractivity contribution is -0.140. The van der Waals surface area contributed by atoms with Crippen molar-refractivity contribution in [2.45, 2.75) is 32.5 Å². The van der Waals surface area contributed by atoms with Gasteiger partial charge in [0.25, 0.3) is 5.91 Å². The number of anilines is 2. The maximum Gasteiger partial charge on any atom is 0.435 e. The Kier molecular flexibility index (Phi) is 8.88. The second kappa shape index (κ2) is 13.3. The molecule has 5 aromatic rings. The minimum absolute atomic E-state index is 0.0334. The Hall–Kier alpha value is -4.75. The van der Waals surface area contributed by atoms with E-state index < -0.39 is 11.9 Å². The molecule has 256 valence electrons.